The fourth-order valence-corrected chi connectivity index (χ4v) is 5.55. The van der Waals surface area contributed by atoms with E-state index >= 15 is 0 Å². The van der Waals surface area contributed by atoms with Crippen LogP contribution in [0.5, 0.6) is 5.75 Å². The summed E-state index contributed by atoms with van der Waals surface area (Å²) in [6.45, 7) is 5.17. The lowest BCUT2D eigenvalue weighted by molar-refractivity contribution is 0.277. The first kappa shape index (κ1) is 23.8. The molecule has 8 nitrogen and oxygen atoms in total. The van der Waals surface area contributed by atoms with Crippen LogP contribution in [0.3, 0.4) is 0 Å². The van der Waals surface area contributed by atoms with E-state index in [1.807, 2.05) is 11.8 Å². The lowest BCUT2D eigenvalue weighted by atomic mass is 10.2. The third kappa shape index (κ3) is 6.60. The van der Waals surface area contributed by atoms with Crippen LogP contribution in [0.15, 0.2) is 18.2 Å². The fraction of sp³-hybridized carbons (Fsp3) is 0.609. The van der Waals surface area contributed by atoms with E-state index in [1.54, 1.807) is 12.1 Å². The largest absolute Gasteiger partial charge is 0.494 e. The van der Waals surface area contributed by atoms with Crippen molar-refractivity contribution in [2.24, 2.45) is 0 Å². The second-order valence-electron chi connectivity index (χ2n) is 8.44. The van der Waals surface area contributed by atoms with Gasteiger partial charge in [0.1, 0.15) is 0 Å². The van der Waals surface area contributed by atoms with E-state index in [-0.39, 0.29) is 11.1 Å². The van der Waals surface area contributed by atoms with Crippen molar-refractivity contribution < 1.29 is 9.13 Å². The molecule has 2 unspecified atom stereocenters. The van der Waals surface area contributed by atoms with Crippen LogP contribution in [0.25, 0.3) is 0 Å². The SMILES string of the molecule is CCN1CCCC1CNc1nc(Nc2ccc(OC)c(F)c2)nc(NC2CCCCCS2)n1. The van der Waals surface area contributed by atoms with Crippen LogP contribution in [-0.4, -0.2) is 63.8 Å². The molecule has 1 aromatic carbocycles. The molecule has 0 spiro atoms. The molecule has 3 heterocycles. The molecule has 1 aromatic heterocycles. The standard InChI is InChI=1S/C23H34FN7OS/c1-3-31-12-7-8-17(31)15-25-21-28-22(26-16-10-11-19(32-2)18(24)14-16)30-23(29-21)27-20-9-5-4-6-13-33-20/h10-11,14,17,20H,3-9,12-13,15H2,1-2H3,(H3,25,26,27,28,29,30). The second-order valence-corrected chi connectivity index (χ2v) is 9.75. The van der Waals surface area contributed by atoms with Crippen molar-refractivity contribution in [2.75, 3.05) is 48.4 Å². The summed E-state index contributed by atoms with van der Waals surface area (Å²) in [5.41, 5.74) is 0.549. The van der Waals surface area contributed by atoms with Gasteiger partial charge in [-0.1, -0.05) is 19.8 Å². The van der Waals surface area contributed by atoms with E-state index in [1.165, 1.54) is 45.3 Å². The molecule has 3 N–H and O–H groups in total. The van der Waals surface area contributed by atoms with Crippen molar-refractivity contribution in [3.8, 4) is 5.75 Å². The number of aromatic nitrogens is 3. The van der Waals surface area contributed by atoms with Crippen molar-refractivity contribution in [1.82, 2.24) is 19.9 Å². The number of methoxy groups -OCH3 is 1. The number of ether oxygens (including phenoxy) is 1. The molecule has 0 amide bonds. The van der Waals surface area contributed by atoms with Gasteiger partial charge in [-0.15, -0.1) is 11.8 Å². The van der Waals surface area contributed by atoms with Crippen LogP contribution in [0.1, 0.15) is 45.4 Å². The Morgan fingerprint density at radius 3 is 2.76 bits per heavy atom. The second kappa shape index (κ2) is 11.7. The quantitative estimate of drug-likeness (QED) is 0.477. The van der Waals surface area contributed by atoms with Gasteiger partial charge in [-0.3, -0.25) is 4.90 Å². The fourth-order valence-electron chi connectivity index (χ4n) is 4.38. The Bertz CT molecular complexity index is 910. The van der Waals surface area contributed by atoms with Crippen LogP contribution in [0.4, 0.5) is 27.9 Å². The maximum Gasteiger partial charge on any atom is 0.233 e. The van der Waals surface area contributed by atoms with Gasteiger partial charge in [-0.05, 0) is 56.7 Å². The number of nitrogens with zero attached hydrogens (tertiary/aromatic N) is 4. The number of nitrogens with one attached hydrogen (secondary N) is 3. The van der Waals surface area contributed by atoms with E-state index in [0.717, 1.165) is 31.8 Å². The highest BCUT2D eigenvalue weighted by molar-refractivity contribution is 8.00. The third-order valence-electron chi connectivity index (χ3n) is 6.16. The van der Waals surface area contributed by atoms with Gasteiger partial charge in [0.05, 0.1) is 12.5 Å². The van der Waals surface area contributed by atoms with E-state index in [0.29, 0.717) is 29.6 Å². The Morgan fingerprint density at radius 1 is 1.09 bits per heavy atom. The summed E-state index contributed by atoms with van der Waals surface area (Å²) in [6.07, 6.45) is 7.19. The van der Waals surface area contributed by atoms with Crippen LogP contribution in [-0.2, 0) is 0 Å². The molecule has 2 aliphatic heterocycles. The number of benzene rings is 1. The molecular weight excluding hydrogens is 441 g/mol. The Hall–Kier alpha value is -2.33. The normalized spacial score (nSPS) is 21.4. The summed E-state index contributed by atoms with van der Waals surface area (Å²) in [5, 5.41) is 10.3. The predicted molar refractivity (Wildman–Crippen MR) is 133 cm³/mol. The predicted octanol–water partition coefficient (Wildman–Crippen LogP) is 4.70. The first-order valence-corrected chi connectivity index (χ1v) is 12.9. The Labute approximate surface area is 199 Å². The van der Waals surface area contributed by atoms with Crippen LogP contribution in [0, 0.1) is 5.82 Å². The summed E-state index contributed by atoms with van der Waals surface area (Å²) < 4.78 is 19.2. The molecule has 0 aliphatic carbocycles. The van der Waals surface area contributed by atoms with Gasteiger partial charge in [-0.25, -0.2) is 4.39 Å². The number of halogens is 1. The Balaban J connectivity index is 1.52. The number of anilines is 4. The third-order valence-corrected chi connectivity index (χ3v) is 7.44. The van der Waals surface area contributed by atoms with E-state index in [9.17, 15) is 4.39 Å². The molecule has 2 atom stereocenters. The van der Waals surface area contributed by atoms with Crippen LogP contribution < -0.4 is 20.7 Å². The van der Waals surface area contributed by atoms with Gasteiger partial charge in [-0.2, -0.15) is 15.0 Å². The van der Waals surface area contributed by atoms with Crippen molar-refractivity contribution in [1.29, 1.82) is 0 Å². The maximum atomic E-state index is 14.2. The molecule has 180 valence electrons. The van der Waals surface area contributed by atoms with Crippen molar-refractivity contribution >= 4 is 35.3 Å². The minimum Gasteiger partial charge on any atom is -0.494 e. The van der Waals surface area contributed by atoms with E-state index in [4.69, 9.17) is 4.74 Å². The first-order chi connectivity index (χ1) is 16.1. The zero-order chi connectivity index (χ0) is 23.0. The minimum absolute atomic E-state index is 0.198. The average Bonchev–Trinajstić information content (AvgIpc) is 3.12. The first-order valence-electron chi connectivity index (χ1n) is 11.9. The molecule has 10 heteroatoms. The molecule has 0 radical (unpaired) electrons. The van der Waals surface area contributed by atoms with Gasteiger partial charge in [0.15, 0.2) is 11.6 Å². The Morgan fingerprint density at radius 2 is 1.94 bits per heavy atom. The minimum atomic E-state index is -0.441. The highest BCUT2D eigenvalue weighted by Gasteiger charge is 2.23. The molecule has 2 aliphatic rings. The van der Waals surface area contributed by atoms with Crippen molar-refractivity contribution in [3.05, 3.63) is 24.0 Å². The van der Waals surface area contributed by atoms with Gasteiger partial charge < -0.3 is 20.7 Å². The number of hydrogen-bond donors (Lipinski definition) is 3. The molecule has 2 fully saturated rings. The van der Waals surface area contributed by atoms with Crippen molar-refractivity contribution in [3.63, 3.8) is 0 Å². The summed E-state index contributed by atoms with van der Waals surface area (Å²) in [6, 6.07) is 5.18. The number of thioether (sulfide) groups is 1. The summed E-state index contributed by atoms with van der Waals surface area (Å²) >= 11 is 1.92. The number of rotatable bonds is 9. The number of likely N-dealkylation sites (tertiary alicyclic amines) is 1. The summed E-state index contributed by atoms with van der Waals surface area (Å²) in [4.78, 5) is 16.3. The Kier molecular flexibility index (Phi) is 8.44. The van der Waals surface area contributed by atoms with Crippen LogP contribution in [0.2, 0.25) is 0 Å². The smallest absolute Gasteiger partial charge is 0.233 e. The zero-order valence-electron chi connectivity index (χ0n) is 19.4. The monoisotopic (exact) mass is 475 g/mol. The van der Waals surface area contributed by atoms with Crippen molar-refractivity contribution in [2.45, 2.75) is 56.9 Å². The van der Waals surface area contributed by atoms with Gasteiger partial charge in [0.2, 0.25) is 17.8 Å². The lowest BCUT2D eigenvalue weighted by Gasteiger charge is -2.23. The average molecular weight is 476 g/mol. The van der Waals surface area contributed by atoms with E-state index < -0.39 is 5.82 Å². The zero-order valence-corrected chi connectivity index (χ0v) is 20.3. The highest BCUT2D eigenvalue weighted by Crippen LogP contribution is 2.27. The molecule has 33 heavy (non-hydrogen) atoms. The number of hydrogen-bond acceptors (Lipinski definition) is 9. The van der Waals surface area contributed by atoms with Gasteiger partial charge in [0.25, 0.3) is 0 Å². The highest BCUT2D eigenvalue weighted by atomic mass is 32.2. The topological polar surface area (TPSA) is 87.2 Å². The molecule has 0 bridgehead atoms. The molecule has 2 saturated heterocycles. The number of likely N-dealkylation sites (N-methyl/N-ethyl adjacent to an activating group) is 1. The van der Waals surface area contributed by atoms with Gasteiger partial charge >= 0.3 is 0 Å². The summed E-state index contributed by atoms with van der Waals surface area (Å²) in [5.74, 6) is 2.32. The molecular formula is C23H34FN7OS. The van der Waals surface area contributed by atoms with Gasteiger partial charge in [0, 0.05) is 24.3 Å². The molecule has 2 aromatic rings. The molecule has 4 rings (SSSR count). The maximum absolute atomic E-state index is 14.2. The molecule has 0 saturated carbocycles. The lowest BCUT2D eigenvalue weighted by Crippen LogP contribution is -2.35. The van der Waals surface area contributed by atoms with Crippen LogP contribution >= 0.6 is 11.8 Å². The van der Waals surface area contributed by atoms with E-state index in [2.05, 4.69) is 42.7 Å². The summed E-state index contributed by atoms with van der Waals surface area (Å²) in [7, 11) is 1.45.